The molecule has 0 radical (unpaired) electrons. The molecule has 2 heterocycles. The van der Waals surface area contributed by atoms with Crippen LogP contribution in [0.1, 0.15) is 47.2 Å². The number of rotatable bonds is 4. The highest BCUT2D eigenvalue weighted by Gasteiger charge is 2.52. The standard InChI is InChI=1S/C66H43NO2/c1-65(2)55-23-10-7-19-50(55)54-38-44(33-37-56(54)65)67(43-30-26-42(27-31-43)46-21-13-22-53-52-20-9-12-25-61(52)68-62(46)53)45-32-34-51-49-18-8-11-24-57(49)66(60(51)39-45)58-35-28-40-14-3-5-16-47(40)63(58)69-64-48-17-6-4-15-41(48)29-36-59(64)66/h3-39H,1-2H3. The molecule has 3 heteroatoms. The van der Waals surface area contributed by atoms with Crippen LogP contribution in [-0.4, -0.2) is 0 Å². The molecule has 0 fully saturated rings. The summed E-state index contributed by atoms with van der Waals surface area (Å²) in [6.07, 6.45) is 0. The Morgan fingerprint density at radius 2 is 0.870 bits per heavy atom. The third kappa shape index (κ3) is 5.17. The number of ether oxygens (including phenoxy) is 1. The minimum absolute atomic E-state index is 0.113. The van der Waals surface area contributed by atoms with Gasteiger partial charge in [-0.1, -0.05) is 196 Å². The molecule has 3 aliphatic rings. The van der Waals surface area contributed by atoms with Crippen molar-refractivity contribution in [1.82, 2.24) is 0 Å². The second kappa shape index (κ2) is 13.9. The van der Waals surface area contributed by atoms with Gasteiger partial charge in [0, 0.05) is 60.7 Å². The first-order valence-corrected chi connectivity index (χ1v) is 24.0. The Bertz CT molecular complexity index is 4070. The molecular weight excluding hydrogens is 839 g/mol. The molecular formula is C66H43NO2. The van der Waals surface area contributed by atoms with Crippen molar-refractivity contribution < 1.29 is 9.15 Å². The summed E-state index contributed by atoms with van der Waals surface area (Å²) in [6, 6.07) is 82.5. The fourth-order valence-electron chi connectivity index (χ4n) is 12.6. The van der Waals surface area contributed by atoms with Crippen LogP contribution in [0.3, 0.4) is 0 Å². The maximum Gasteiger partial charge on any atom is 0.143 e. The first kappa shape index (κ1) is 38.4. The smallest absolute Gasteiger partial charge is 0.143 e. The Balaban J connectivity index is 0.984. The highest BCUT2D eigenvalue weighted by molar-refractivity contribution is 6.10. The third-order valence-electron chi connectivity index (χ3n) is 15.7. The average molecular weight is 882 g/mol. The normalized spacial score (nSPS) is 14.3. The van der Waals surface area contributed by atoms with Crippen molar-refractivity contribution in [2.75, 3.05) is 4.90 Å². The fourth-order valence-corrected chi connectivity index (χ4v) is 12.6. The van der Waals surface area contributed by atoms with Crippen LogP contribution in [0.15, 0.2) is 229 Å². The van der Waals surface area contributed by atoms with Gasteiger partial charge in [-0.15, -0.1) is 0 Å². The lowest BCUT2D eigenvalue weighted by Gasteiger charge is -2.40. The third-order valence-corrected chi connectivity index (χ3v) is 15.7. The first-order valence-electron chi connectivity index (χ1n) is 24.0. The minimum atomic E-state index is -0.680. The second-order valence-corrected chi connectivity index (χ2v) is 19.5. The predicted octanol–water partition coefficient (Wildman–Crippen LogP) is 17.8. The molecule has 0 bridgehead atoms. The minimum Gasteiger partial charge on any atom is -0.455 e. The van der Waals surface area contributed by atoms with Crippen LogP contribution < -0.4 is 9.64 Å². The molecule has 2 aliphatic carbocycles. The van der Waals surface area contributed by atoms with Gasteiger partial charge in [0.05, 0.1) is 5.41 Å². The van der Waals surface area contributed by atoms with E-state index in [-0.39, 0.29) is 5.41 Å². The number of nitrogens with zero attached hydrogens (tertiary/aromatic N) is 1. The Labute approximate surface area is 400 Å². The summed E-state index contributed by atoms with van der Waals surface area (Å²) in [5, 5.41) is 6.78. The van der Waals surface area contributed by atoms with E-state index < -0.39 is 5.41 Å². The largest absolute Gasteiger partial charge is 0.455 e. The summed E-state index contributed by atoms with van der Waals surface area (Å²) in [5.74, 6) is 1.83. The van der Waals surface area contributed by atoms with Gasteiger partial charge in [-0.3, -0.25) is 0 Å². The van der Waals surface area contributed by atoms with Gasteiger partial charge in [0.1, 0.15) is 22.7 Å². The van der Waals surface area contributed by atoms with Crippen LogP contribution in [0.2, 0.25) is 0 Å². The van der Waals surface area contributed by atoms with E-state index in [1.54, 1.807) is 0 Å². The molecule has 0 saturated heterocycles. The maximum atomic E-state index is 7.30. The predicted molar refractivity (Wildman–Crippen MR) is 284 cm³/mol. The zero-order valence-electron chi connectivity index (χ0n) is 38.1. The van der Waals surface area contributed by atoms with Gasteiger partial charge in [-0.05, 0) is 103 Å². The van der Waals surface area contributed by atoms with Gasteiger partial charge in [0.15, 0.2) is 0 Å². The Hall–Kier alpha value is -8.66. The summed E-state index contributed by atoms with van der Waals surface area (Å²) < 4.78 is 13.8. The summed E-state index contributed by atoms with van der Waals surface area (Å²) in [5.41, 5.74) is 19.0. The molecule has 11 aromatic carbocycles. The van der Waals surface area contributed by atoms with E-state index in [4.69, 9.17) is 9.15 Å². The molecule has 0 unspecified atom stereocenters. The number of hydrogen-bond acceptors (Lipinski definition) is 3. The van der Waals surface area contributed by atoms with Gasteiger partial charge in [-0.25, -0.2) is 0 Å². The SMILES string of the molecule is CC1(C)c2ccccc2-c2cc(N(c3ccc(-c4cccc5c4oc4ccccc45)cc3)c3ccc4c(c3)C3(c5ccccc5-4)c4ccc5ccccc5c4Oc4c3ccc3ccccc43)ccc21. The van der Waals surface area contributed by atoms with Crippen LogP contribution in [0, 0.1) is 0 Å². The van der Waals surface area contributed by atoms with E-state index in [1.807, 2.05) is 6.07 Å². The Kier molecular flexibility index (Phi) is 7.77. The van der Waals surface area contributed by atoms with Crippen LogP contribution in [-0.2, 0) is 10.8 Å². The van der Waals surface area contributed by atoms with Crippen LogP contribution >= 0.6 is 0 Å². The number of anilines is 3. The monoisotopic (exact) mass is 881 g/mol. The molecule has 69 heavy (non-hydrogen) atoms. The van der Waals surface area contributed by atoms with Gasteiger partial charge in [-0.2, -0.15) is 0 Å². The zero-order valence-corrected chi connectivity index (χ0v) is 38.1. The van der Waals surface area contributed by atoms with E-state index >= 15 is 0 Å². The van der Waals surface area contributed by atoms with Crippen LogP contribution in [0.5, 0.6) is 11.5 Å². The van der Waals surface area contributed by atoms with Gasteiger partial charge in [0.2, 0.25) is 0 Å². The van der Waals surface area contributed by atoms with Crippen molar-refractivity contribution in [2.45, 2.75) is 24.7 Å². The number of fused-ring (bicyclic) bond motifs is 19. The van der Waals surface area contributed by atoms with E-state index in [0.29, 0.717) is 0 Å². The molecule has 324 valence electrons. The van der Waals surface area contributed by atoms with Gasteiger partial charge >= 0.3 is 0 Å². The topological polar surface area (TPSA) is 25.6 Å². The highest BCUT2D eigenvalue weighted by Crippen LogP contribution is 2.64. The van der Waals surface area contributed by atoms with Crippen molar-refractivity contribution >= 4 is 60.5 Å². The Morgan fingerprint density at radius 3 is 1.61 bits per heavy atom. The molecule has 0 atom stereocenters. The van der Waals surface area contributed by atoms with Gasteiger partial charge < -0.3 is 14.1 Å². The molecule has 1 spiro atoms. The number of para-hydroxylation sites is 2. The summed E-state index contributed by atoms with van der Waals surface area (Å²) in [6.45, 7) is 4.70. The Morgan fingerprint density at radius 1 is 0.348 bits per heavy atom. The van der Waals surface area contributed by atoms with Crippen molar-refractivity contribution in [3.05, 3.63) is 258 Å². The number of benzene rings is 11. The van der Waals surface area contributed by atoms with E-state index in [9.17, 15) is 0 Å². The molecule has 3 nitrogen and oxygen atoms in total. The lowest BCUT2D eigenvalue weighted by Crippen LogP contribution is -2.32. The van der Waals surface area contributed by atoms with Crippen molar-refractivity contribution in [3.63, 3.8) is 0 Å². The van der Waals surface area contributed by atoms with Crippen molar-refractivity contribution in [1.29, 1.82) is 0 Å². The van der Waals surface area contributed by atoms with Gasteiger partial charge in [0.25, 0.3) is 0 Å². The summed E-state index contributed by atoms with van der Waals surface area (Å²) in [7, 11) is 0. The fraction of sp³-hybridized carbons (Fsp3) is 0.0606. The maximum absolute atomic E-state index is 7.30. The second-order valence-electron chi connectivity index (χ2n) is 19.5. The quantitative estimate of drug-likeness (QED) is 0.176. The van der Waals surface area contributed by atoms with Crippen LogP contribution in [0.25, 0.3) is 76.9 Å². The molecule has 1 aromatic heterocycles. The number of hydrogen-bond donors (Lipinski definition) is 0. The summed E-state index contributed by atoms with van der Waals surface area (Å²) >= 11 is 0. The first-order chi connectivity index (χ1) is 34.0. The molecule has 0 N–H and O–H groups in total. The molecule has 0 saturated carbocycles. The van der Waals surface area contributed by atoms with E-state index in [0.717, 1.165) is 94.3 Å². The highest BCUT2D eigenvalue weighted by atomic mass is 16.5. The lowest BCUT2D eigenvalue weighted by atomic mass is 9.65. The van der Waals surface area contributed by atoms with E-state index in [2.05, 4.69) is 237 Å². The lowest BCUT2D eigenvalue weighted by molar-refractivity contribution is 0.447. The molecule has 15 rings (SSSR count). The zero-order chi connectivity index (χ0) is 45.6. The molecule has 12 aromatic rings. The molecule has 0 amide bonds. The van der Waals surface area contributed by atoms with Crippen molar-refractivity contribution in [2.24, 2.45) is 0 Å². The number of furan rings is 1. The van der Waals surface area contributed by atoms with Crippen LogP contribution in [0.4, 0.5) is 17.1 Å². The van der Waals surface area contributed by atoms with Crippen molar-refractivity contribution in [3.8, 4) is 44.9 Å². The summed E-state index contributed by atoms with van der Waals surface area (Å²) in [4.78, 5) is 2.46. The van der Waals surface area contributed by atoms with E-state index in [1.165, 1.54) is 44.5 Å². The molecule has 1 aliphatic heterocycles. The average Bonchev–Trinajstić information content (AvgIpc) is 4.00.